The number of nitrogens with one attached hydrogen (secondary N) is 2. The highest BCUT2D eigenvalue weighted by Gasteiger charge is 2.21. The lowest BCUT2D eigenvalue weighted by molar-refractivity contribution is -0.128. The zero-order valence-corrected chi connectivity index (χ0v) is 22.4. The Kier molecular flexibility index (Phi) is 8.06. The summed E-state index contributed by atoms with van der Waals surface area (Å²) in [5.74, 6) is -0.406. The molecule has 0 radical (unpaired) electrons. The van der Waals surface area contributed by atoms with Gasteiger partial charge in [-0.05, 0) is 55.8 Å². The van der Waals surface area contributed by atoms with Crippen molar-refractivity contribution in [2.75, 3.05) is 5.32 Å². The molecule has 2 amide bonds. The summed E-state index contributed by atoms with van der Waals surface area (Å²) in [4.78, 5) is 29.8. The number of carbonyl (C=O) groups is 2. The second-order valence-corrected chi connectivity index (χ2v) is 10.0. The van der Waals surface area contributed by atoms with Gasteiger partial charge in [-0.25, -0.2) is 4.68 Å². The molecule has 4 rings (SSSR count). The van der Waals surface area contributed by atoms with Crippen molar-refractivity contribution in [3.05, 3.63) is 82.3 Å². The zero-order valence-electron chi connectivity index (χ0n) is 20.8. The van der Waals surface area contributed by atoms with Crippen LogP contribution in [-0.4, -0.2) is 26.6 Å². The number of carbonyl (C=O) groups excluding carboxylic acids is 2. The van der Waals surface area contributed by atoms with Gasteiger partial charge in [0.25, 0.3) is 5.91 Å². The van der Waals surface area contributed by atoms with Crippen LogP contribution in [0.5, 0.6) is 0 Å². The minimum absolute atomic E-state index is 0. The van der Waals surface area contributed by atoms with Gasteiger partial charge in [0.2, 0.25) is 5.91 Å². The molecule has 2 heterocycles. The molecule has 0 unspecified atom stereocenters. The number of hydrogen-bond acceptors (Lipinski definition) is 4. The molecule has 0 fully saturated rings. The maximum absolute atomic E-state index is 13.2. The SMILES string of the molecule is Cc1cc(-n2ncc3c(NC(=O)c4cc(CNC(=O)C(C)(C)C)ccc4Cl)cccc32)cc(C)n1.Cl. The number of aromatic nitrogens is 3. The lowest BCUT2D eigenvalue weighted by Gasteiger charge is -2.18. The Morgan fingerprint density at radius 1 is 1.03 bits per heavy atom. The minimum Gasteiger partial charge on any atom is -0.352 e. The van der Waals surface area contributed by atoms with Gasteiger partial charge in [0, 0.05) is 28.7 Å². The largest absolute Gasteiger partial charge is 0.352 e. The van der Waals surface area contributed by atoms with Crippen LogP contribution < -0.4 is 10.6 Å². The van der Waals surface area contributed by atoms with Crippen molar-refractivity contribution in [3.63, 3.8) is 0 Å². The summed E-state index contributed by atoms with van der Waals surface area (Å²) < 4.78 is 1.83. The molecule has 0 saturated heterocycles. The summed E-state index contributed by atoms with van der Waals surface area (Å²) in [6, 6.07) is 14.8. The predicted octanol–water partition coefficient (Wildman–Crippen LogP) is 6.03. The quantitative estimate of drug-likeness (QED) is 0.333. The number of hydrogen-bond donors (Lipinski definition) is 2. The molecule has 0 aliphatic rings. The molecule has 0 atom stereocenters. The molecule has 0 spiro atoms. The second-order valence-electron chi connectivity index (χ2n) is 9.60. The number of nitrogens with zero attached hydrogens (tertiary/aromatic N) is 3. The average Bonchev–Trinajstić information content (AvgIpc) is 3.22. The van der Waals surface area contributed by atoms with E-state index in [1.165, 1.54) is 0 Å². The van der Waals surface area contributed by atoms with Crippen molar-refractivity contribution in [1.82, 2.24) is 20.1 Å². The maximum atomic E-state index is 13.2. The zero-order chi connectivity index (χ0) is 25.3. The first-order valence-electron chi connectivity index (χ1n) is 11.3. The fourth-order valence-corrected chi connectivity index (χ4v) is 4.00. The average molecular weight is 526 g/mol. The van der Waals surface area contributed by atoms with E-state index < -0.39 is 5.41 Å². The van der Waals surface area contributed by atoms with E-state index in [2.05, 4.69) is 20.7 Å². The van der Waals surface area contributed by atoms with Crippen LogP contribution in [0.3, 0.4) is 0 Å². The first kappa shape index (κ1) is 27.2. The maximum Gasteiger partial charge on any atom is 0.257 e. The smallest absolute Gasteiger partial charge is 0.257 e. The van der Waals surface area contributed by atoms with Gasteiger partial charge < -0.3 is 10.6 Å². The van der Waals surface area contributed by atoms with Crippen LogP contribution in [0.4, 0.5) is 5.69 Å². The van der Waals surface area contributed by atoms with Gasteiger partial charge in [0.05, 0.1) is 33.7 Å². The van der Waals surface area contributed by atoms with Crippen LogP contribution >= 0.6 is 24.0 Å². The van der Waals surface area contributed by atoms with Crippen molar-refractivity contribution in [2.45, 2.75) is 41.2 Å². The van der Waals surface area contributed by atoms with Gasteiger partial charge in [-0.1, -0.05) is 44.5 Å². The molecule has 0 bridgehead atoms. The van der Waals surface area contributed by atoms with Gasteiger partial charge in [-0.3, -0.25) is 14.6 Å². The number of rotatable bonds is 5. The number of fused-ring (bicyclic) bond motifs is 1. The predicted molar refractivity (Wildman–Crippen MR) is 146 cm³/mol. The fourth-order valence-electron chi connectivity index (χ4n) is 3.79. The van der Waals surface area contributed by atoms with Gasteiger partial charge in [0.15, 0.2) is 0 Å². The number of aryl methyl sites for hydroxylation is 2. The highest BCUT2D eigenvalue weighted by Crippen LogP contribution is 2.27. The number of benzene rings is 2. The lowest BCUT2D eigenvalue weighted by atomic mass is 9.95. The molecule has 4 aromatic rings. The Morgan fingerprint density at radius 3 is 2.39 bits per heavy atom. The van der Waals surface area contributed by atoms with Crippen LogP contribution in [0.15, 0.2) is 54.7 Å². The summed E-state index contributed by atoms with van der Waals surface area (Å²) in [5, 5.41) is 11.6. The van der Waals surface area contributed by atoms with Gasteiger partial charge in [-0.2, -0.15) is 5.10 Å². The molecule has 0 aliphatic carbocycles. The molecule has 2 aromatic carbocycles. The molecule has 0 saturated carbocycles. The van der Waals surface area contributed by atoms with Crippen molar-refractivity contribution >= 4 is 52.4 Å². The van der Waals surface area contributed by atoms with Crippen LogP contribution in [0.2, 0.25) is 5.02 Å². The Balaban J connectivity index is 0.00000361. The third-order valence-corrected chi connectivity index (χ3v) is 5.91. The molecular weight excluding hydrogens is 497 g/mol. The van der Waals surface area contributed by atoms with E-state index in [1.54, 1.807) is 24.4 Å². The number of amides is 2. The van der Waals surface area contributed by atoms with E-state index in [1.807, 2.05) is 69.6 Å². The third kappa shape index (κ3) is 5.86. The Hall–Kier alpha value is -3.42. The van der Waals surface area contributed by atoms with Gasteiger partial charge in [-0.15, -0.1) is 12.4 Å². The van der Waals surface area contributed by atoms with Crippen LogP contribution in [0, 0.1) is 19.3 Å². The molecule has 7 nitrogen and oxygen atoms in total. The monoisotopic (exact) mass is 525 g/mol. The minimum atomic E-state index is -0.497. The molecule has 36 heavy (non-hydrogen) atoms. The molecule has 2 N–H and O–H groups in total. The standard InChI is InChI=1S/C27H28ClN5O2.ClH/c1-16-11-19(12-17(2)31-16)33-24-8-6-7-23(21(24)15-30-33)32-25(34)20-13-18(9-10-22(20)28)14-29-26(35)27(3,4)5;/h6-13,15H,14H2,1-5H3,(H,29,35)(H,32,34);1H. The van der Waals surface area contributed by atoms with Crippen molar-refractivity contribution in [2.24, 2.45) is 5.41 Å². The molecular formula is C27H29Cl2N5O2. The summed E-state index contributed by atoms with van der Waals surface area (Å²) in [7, 11) is 0. The van der Waals surface area contributed by atoms with E-state index in [0.29, 0.717) is 22.8 Å². The Labute approximate surface area is 221 Å². The Bertz CT molecular complexity index is 1420. The number of pyridine rings is 1. The summed E-state index contributed by atoms with van der Waals surface area (Å²) in [6.07, 6.45) is 1.73. The van der Waals surface area contributed by atoms with Gasteiger partial charge in [0.1, 0.15) is 0 Å². The fraction of sp³-hybridized carbons (Fsp3) is 0.259. The first-order valence-corrected chi connectivity index (χ1v) is 11.7. The van der Waals surface area contributed by atoms with E-state index in [4.69, 9.17) is 11.6 Å². The number of anilines is 1. The third-order valence-electron chi connectivity index (χ3n) is 5.58. The van der Waals surface area contributed by atoms with E-state index in [0.717, 1.165) is 33.5 Å². The highest BCUT2D eigenvalue weighted by molar-refractivity contribution is 6.34. The summed E-state index contributed by atoms with van der Waals surface area (Å²) >= 11 is 6.35. The molecule has 2 aromatic heterocycles. The van der Waals surface area contributed by atoms with E-state index >= 15 is 0 Å². The van der Waals surface area contributed by atoms with E-state index in [9.17, 15) is 9.59 Å². The summed E-state index contributed by atoms with van der Waals surface area (Å²) in [5.41, 5.74) is 4.82. The highest BCUT2D eigenvalue weighted by atomic mass is 35.5. The second kappa shape index (κ2) is 10.7. The van der Waals surface area contributed by atoms with Crippen LogP contribution in [0.1, 0.15) is 48.1 Å². The van der Waals surface area contributed by atoms with E-state index in [-0.39, 0.29) is 24.2 Å². The molecule has 0 aliphatic heterocycles. The van der Waals surface area contributed by atoms with Gasteiger partial charge >= 0.3 is 0 Å². The topological polar surface area (TPSA) is 88.9 Å². The molecule has 188 valence electrons. The van der Waals surface area contributed by atoms with Crippen molar-refractivity contribution in [3.8, 4) is 5.69 Å². The van der Waals surface area contributed by atoms with Crippen LogP contribution in [-0.2, 0) is 11.3 Å². The first-order chi connectivity index (χ1) is 16.5. The van der Waals surface area contributed by atoms with Crippen molar-refractivity contribution < 1.29 is 9.59 Å². The lowest BCUT2D eigenvalue weighted by Crippen LogP contribution is -2.34. The van der Waals surface area contributed by atoms with Crippen LogP contribution in [0.25, 0.3) is 16.6 Å². The summed E-state index contributed by atoms with van der Waals surface area (Å²) in [6.45, 7) is 9.75. The number of halogens is 2. The van der Waals surface area contributed by atoms with Crippen molar-refractivity contribution in [1.29, 1.82) is 0 Å². The molecule has 9 heteroatoms. The Morgan fingerprint density at radius 2 is 1.72 bits per heavy atom. The normalized spacial score (nSPS) is 11.2.